The third-order valence-corrected chi connectivity index (χ3v) is 5.20. The first kappa shape index (κ1) is 14.2. The van der Waals surface area contributed by atoms with Gasteiger partial charge in [0.25, 0.3) is 0 Å². The fourth-order valence-corrected chi connectivity index (χ4v) is 3.60. The quantitative estimate of drug-likeness (QED) is 0.879. The molecule has 3 heteroatoms. The van der Waals surface area contributed by atoms with E-state index < -0.39 is 0 Å². The van der Waals surface area contributed by atoms with Crippen LogP contribution in [0, 0.1) is 5.92 Å². The highest BCUT2D eigenvalue weighted by Crippen LogP contribution is 2.45. The maximum atomic E-state index is 6.41. The summed E-state index contributed by atoms with van der Waals surface area (Å²) >= 11 is 6.41. The Bertz CT molecular complexity index is 464. The lowest BCUT2D eigenvalue weighted by atomic mass is 9.69. The number of rotatable bonds is 5. The molecule has 0 heterocycles. The first-order chi connectivity index (χ1) is 9.75. The summed E-state index contributed by atoms with van der Waals surface area (Å²) in [6.07, 6.45) is 8.73. The number of hydrogen-bond donors (Lipinski definition) is 1. The van der Waals surface area contributed by atoms with E-state index in [0.717, 1.165) is 36.1 Å². The minimum atomic E-state index is 0.0715. The lowest BCUT2D eigenvalue weighted by Gasteiger charge is -2.38. The van der Waals surface area contributed by atoms with Gasteiger partial charge in [-0.25, -0.2) is 0 Å². The number of hydrogen-bond acceptors (Lipinski definition) is 2. The molecular weight excluding hydrogens is 270 g/mol. The highest BCUT2D eigenvalue weighted by molar-refractivity contribution is 6.32. The van der Waals surface area contributed by atoms with Crippen LogP contribution < -0.4 is 10.5 Å². The van der Waals surface area contributed by atoms with E-state index in [4.69, 9.17) is 22.1 Å². The Hall–Kier alpha value is -0.730. The van der Waals surface area contributed by atoms with E-state index in [0.29, 0.717) is 6.54 Å². The van der Waals surface area contributed by atoms with E-state index >= 15 is 0 Å². The van der Waals surface area contributed by atoms with Crippen molar-refractivity contribution in [2.24, 2.45) is 11.7 Å². The predicted octanol–water partition coefficient (Wildman–Crippen LogP) is 4.29. The summed E-state index contributed by atoms with van der Waals surface area (Å²) in [5.74, 6) is 1.63. The third kappa shape index (κ3) is 2.82. The average molecular weight is 294 g/mol. The van der Waals surface area contributed by atoms with E-state index in [1.807, 2.05) is 12.1 Å². The molecule has 2 saturated carbocycles. The van der Waals surface area contributed by atoms with Gasteiger partial charge in [-0.05, 0) is 37.7 Å². The van der Waals surface area contributed by atoms with Crippen molar-refractivity contribution in [3.8, 4) is 5.75 Å². The van der Waals surface area contributed by atoms with Gasteiger partial charge in [0.1, 0.15) is 5.75 Å². The molecule has 0 radical (unpaired) electrons. The molecule has 0 saturated heterocycles. The van der Waals surface area contributed by atoms with Crippen LogP contribution in [0.5, 0.6) is 5.75 Å². The SMILES string of the molecule is NCC1(c2cccc(Cl)c2OCC2CC2)CCCCC1. The summed E-state index contributed by atoms with van der Waals surface area (Å²) in [5, 5.41) is 0.738. The van der Waals surface area contributed by atoms with Gasteiger partial charge < -0.3 is 10.5 Å². The van der Waals surface area contributed by atoms with Crippen LogP contribution in [0.4, 0.5) is 0 Å². The molecule has 1 aromatic rings. The van der Waals surface area contributed by atoms with Crippen molar-refractivity contribution in [3.63, 3.8) is 0 Å². The van der Waals surface area contributed by atoms with Crippen molar-refractivity contribution in [2.75, 3.05) is 13.2 Å². The summed E-state index contributed by atoms with van der Waals surface area (Å²) < 4.78 is 6.08. The minimum Gasteiger partial charge on any atom is -0.491 e. The molecule has 3 rings (SSSR count). The zero-order valence-electron chi connectivity index (χ0n) is 12.0. The third-order valence-electron chi connectivity index (χ3n) is 4.90. The average Bonchev–Trinajstić information content (AvgIpc) is 3.31. The lowest BCUT2D eigenvalue weighted by Crippen LogP contribution is -2.37. The van der Waals surface area contributed by atoms with Gasteiger partial charge in [0, 0.05) is 17.5 Å². The van der Waals surface area contributed by atoms with E-state index in [1.54, 1.807) is 0 Å². The smallest absolute Gasteiger partial charge is 0.141 e. The maximum absolute atomic E-state index is 6.41. The lowest BCUT2D eigenvalue weighted by molar-refractivity contribution is 0.263. The van der Waals surface area contributed by atoms with Gasteiger partial charge >= 0.3 is 0 Å². The molecule has 0 bridgehead atoms. The summed E-state index contributed by atoms with van der Waals surface area (Å²) in [7, 11) is 0. The molecule has 2 nitrogen and oxygen atoms in total. The molecule has 2 N–H and O–H groups in total. The maximum Gasteiger partial charge on any atom is 0.141 e. The van der Waals surface area contributed by atoms with Gasteiger partial charge in [-0.3, -0.25) is 0 Å². The normalized spacial score (nSPS) is 21.7. The van der Waals surface area contributed by atoms with Crippen LogP contribution in [-0.2, 0) is 5.41 Å². The van der Waals surface area contributed by atoms with Crippen molar-refractivity contribution >= 4 is 11.6 Å². The largest absolute Gasteiger partial charge is 0.491 e. The van der Waals surface area contributed by atoms with Crippen LogP contribution in [-0.4, -0.2) is 13.2 Å². The van der Waals surface area contributed by atoms with Gasteiger partial charge in [-0.2, -0.15) is 0 Å². The second kappa shape index (κ2) is 5.95. The fraction of sp³-hybridized carbons (Fsp3) is 0.647. The second-order valence-corrected chi connectivity index (χ2v) is 6.82. The van der Waals surface area contributed by atoms with Crippen LogP contribution in [0.1, 0.15) is 50.5 Å². The molecule has 2 aliphatic rings. The van der Waals surface area contributed by atoms with Crippen LogP contribution in [0.15, 0.2) is 18.2 Å². The van der Waals surface area contributed by atoms with Gasteiger partial charge in [0.15, 0.2) is 0 Å². The number of halogens is 1. The van der Waals surface area contributed by atoms with E-state index in [1.165, 1.54) is 37.7 Å². The Morgan fingerprint density at radius 2 is 1.95 bits per heavy atom. The Balaban J connectivity index is 1.91. The summed E-state index contributed by atoms with van der Waals surface area (Å²) in [4.78, 5) is 0. The van der Waals surface area contributed by atoms with Gasteiger partial charge in [0.05, 0.1) is 11.6 Å². The van der Waals surface area contributed by atoms with E-state index in [2.05, 4.69) is 6.07 Å². The van der Waals surface area contributed by atoms with Crippen molar-refractivity contribution in [1.29, 1.82) is 0 Å². The zero-order chi connectivity index (χ0) is 14.0. The summed E-state index contributed by atoms with van der Waals surface area (Å²) in [6, 6.07) is 6.14. The van der Waals surface area contributed by atoms with E-state index in [-0.39, 0.29) is 5.41 Å². The highest BCUT2D eigenvalue weighted by Gasteiger charge is 2.36. The molecule has 1 aromatic carbocycles. The molecule has 0 spiro atoms. The van der Waals surface area contributed by atoms with Crippen molar-refractivity contribution in [1.82, 2.24) is 0 Å². The molecule has 110 valence electrons. The van der Waals surface area contributed by atoms with Crippen LogP contribution in [0.3, 0.4) is 0 Å². The minimum absolute atomic E-state index is 0.0715. The molecule has 2 fully saturated rings. The summed E-state index contributed by atoms with van der Waals surface area (Å²) in [6.45, 7) is 1.49. The number of nitrogens with two attached hydrogens (primary N) is 1. The van der Waals surface area contributed by atoms with Gasteiger partial charge in [-0.15, -0.1) is 0 Å². The molecule has 0 aromatic heterocycles. The fourth-order valence-electron chi connectivity index (χ4n) is 3.37. The van der Waals surface area contributed by atoms with Crippen molar-refractivity contribution in [3.05, 3.63) is 28.8 Å². The standard InChI is InChI=1S/C17H24ClNO/c18-15-6-4-5-14(16(15)20-11-13-7-8-13)17(12-19)9-2-1-3-10-17/h4-6,13H,1-3,7-12,19H2. The molecule has 0 atom stereocenters. The van der Waals surface area contributed by atoms with Crippen LogP contribution in [0.2, 0.25) is 5.02 Å². The predicted molar refractivity (Wildman–Crippen MR) is 83.5 cm³/mol. The molecule has 2 aliphatic carbocycles. The molecule has 20 heavy (non-hydrogen) atoms. The van der Waals surface area contributed by atoms with Crippen LogP contribution in [0.25, 0.3) is 0 Å². The highest BCUT2D eigenvalue weighted by atomic mass is 35.5. The second-order valence-electron chi connectivity index (χ2n) is 6.42. The Morgan fingerprint density at radius 1 is 1.20 bits per heavy atom. The van der Waals surface area contributed by atoms with E-state index in [9.17, 15) is 0 Å². The van der Waals surface area contributed by atoms with Crippen molar-refractivity contribution in [2.45, 2.75) is 50.4 Å². The van der Waals surface area contributed by atoms with Gasteiger partial charge in [-0.1, -0.05) is 43.0 Å². The topological polar surface area (TPSA) is 35.2 Å². The van der Waals surface area contributed by atoms with Gasteiger partial charge in [0.2, 0.25) is 0 Å². The molecule has 0 unspecified atom stereocenters. The van der Waals surface area contributed by atoms with Crippen LogP contribution >= 0.6 is 11.6 Å². The number of benzene rings is 1. The zero-order valence-corrected chi connectivity index (χ0v) is 12.8. The molecular formula is C17H24ClNO. The Kier molecular flexibility index (Phi) is 4.23. The first-order valence-electron chi connectivity index (χ1n) is 7.87. The van der Waals surface area contributed by atoms with Crippen molar-refractivity contribution < 1.29 is 4.74 Å². The Labute approximate surface area is 126 Å². The number of para-hydroxylation sites is 1. The number of ether oxygens (including phenoxy) is 1. The molecule has 0 amide bonds. The Morgan fingerprint density at radius 3 is 2.60 bits per heavy atom. The molecule has 0 aliphatic heterocycles. The summed E-state index contributed by atoms with van der Waals surface area (Å²) in [5.41, 5.74) is 7.47. The monoisotopic (exact) mass is 293 g/mol. The first-order valence-corrected chi connectivity index (χ1v) is 8.25.